The van der Waals surface area contributed by atoms with Crippen LogP contribution in [0.4, 0.5) is 4.39 Å². The predicted octanol–water partition coefficient (Wildman–Crippen LogP) is 4.04. The molecule has 0 aliphatic heterocycles. The van der Waals surface area contributed by atoms with Crippen molar-refractivity contribution in [2.45, 2.75) is 22.8 Å². The molecule has 0 saturated heterocycles. The SMILES string of the molecule is COc1ccc(Sc2cccc(F)c2[C@H](C)O)cc1. The molecule has 4 heteroatoms. The van der Waals surface area contributed by atoms with Gasteiger partial charge in [0.1, 0.15) is 11.6 Å². The molecule has 1 atom stereocenters. The van der Waals surface area contributed by atoms with E-state index >= 15 is 0 Å². The van der Waals surface area contributed by atoms with Gasteiger partial charge in [-0.25, -0.2) is 4.39 Å². The van der Waals surface area contributed by atoms with Crippen LogP contribution in [0.15, 0.2) is 52.3 Å². The van der Waals surface area contributed by atoms with Crippen LogP contribution in [0, 0.1) is 5.82 Å². The van der Waals surface area contributed by atoms with Crippen LogP contribution in [0.2, 0.25) is 0 Å². The second-order valence-corrected chi connectivity index (χ2v) is 5.22. The molecule has 19 heavy (non-hydrogen) atoms. The minimum atomic E-state index is -0.832. The molecule has 2 aromatic rings. The first-order valence-electron chi connectivity index (χ1n) is 5.90. The van der Waals surface area contributed by atoms with E-state index in [9.17, 15) is 9.50 Å². The third-order valence-electron chi connectivity index (χ3n) is 2.72. The highest BCUT2D eigenvalue weighted by Crippen LogP contribution is 2.35. The summed E-state index contributed by atoms with van der Waals surface area (Å²) in [6.45, 7) is 1.57. The first kappa shape index (κ1) is 13.9. The van der Waals surface area contributed by atoms with Gasteiger partial charge in [0.15, 0.2) is 0 Å². The zero-order valence-corrected chi connectivity index (χ0v) is 11.6. The van der Waals surface area contributed by atoms with Crippen LogP contribution in [0.3, 0.4) is 0 Å². The van der Waals surface area contributed by atoms with Crippen molar-refractivity contribution in [3.63, 3.8) is 0 Å². The number of aliphatic hydroxyl groups is 1. The molecule has 0 radical (unpaired) electrons. The summed E-state index contributed by atoms with van der Waals surface area (Å²) >= 11 is 1.42. The molecule has 0 unspecified atom stereocenters. The van der Waals surface area contributed by atoms with Crippen molar-refractivity contribution >= 4 is 11.8 Å². The summed E-state index contributed by atoms with van der Waals surface area (Å²) in [6, 6.07) is 12.3. The summed E-state index contributed by atoms with van der Waals surface area (Å²) < 4.78 is 18.8. The molecule has 1 N–H and O–H groups in total. The maximum absolute atomic E-state index is 13.7. The lowest BCUT2D eigenvalue weighted by molar-refractivity contribution is 0.191. The smallest absolute Gasteiger partial charge is 0.130 e. The van der Waals surface area contributed by atoms with Gasteiger partial charge in [0.05, 0.1) is 13.2 Å². The van der Waals surface area contributed by atoms with Gasteiger partial charge in [-0.2, -0.15) is 0 Å². The monoisotopic (exact) mass is 278 g/mol. The topological polar surface area (TPSA) is 29.5 Å². The van der Waals surface area contributed by atoms with Gasteiger partial charge >= 0.3 is 0 Å². The van der Waals surface area contributed by atoms with Crippen molar-refractivity contribution in [3.8, 4) is 5.75 Å². The van der Waals surface area contributed by atoms with Crippen molar-refractivity contribution in [2.75, 3.05) is 7.11 Å². The first-order valence-corrected chi connectivity index (χ1v) is 6.72. The van der Waals surface area contributed by atoms with Crippen LogP contribution in [-0.4, -0.2) is 12.2 Å². The Morgan fingerprint density at radius 2 is 1.84 bits per heavy atom. The molecule has 0 heterocycles. The molecule has 0 spiro atoms. The second kappa shape index (κ2) is 6.08. The van der Waals surface area contributed by atoms with Crippen LogP contribution in [0.1, 0.15) is 18.6 Å². The molecule has 0 fully saturated rings. The Labute approximate surface area is 116 Å². The largest absolute Gasteiger partial charge is 0.497 e. The Bertz CT molecular complexity index is 553. The highest BCUT2D eigenvalue weighted by atomic mass is 32.2. The average Bonchev–Trinajstić information content (AvgIpc) is 2.39. The summed E-state index contributed by atoms with van der Waals surface area (Å²) in [5, 5.41) is 9.67. The van der Waals surface area contributed by atoms with E-state index in [0.29, 0.717) is 5.56 Å². The summed E-state index contributed by atoms with van der Waals surface area (Å²) in [5.41, 5.74) is 0.336. The average molecular weight is 278 g/mol. The van der Waals surface area contributed by atoms with Gasteiger partial charge in [-0.05, 0) is 43.3 Å². The molecule has 2 nitrogen and oxygen atoms in total. The summed E-state index contributed by atoms with van der Waals surface area (Å²) in [7, 11) is 1.61. The van der Waals surface area contributed by atoms with Crippen molar-refractivity contribution in [3.05, 3.63) is 53.8 Å². The summed E-state index contributed by atoms with van der Waals surface area (Å²) in [6.07, 6.45) is -0.832. The normalized spacial score (nSPS) is 12.2. The number of hydrogen-bond acceptors (Lipinski definition) is 3. The van der Waals surface area contributed by atoms with E-state index in [1.54, 1.807) is 26.2 Å². The van der Waals surface area contributed by atoms with Crippen molar-refractivity contribution in [1.82, 2.24) is 0 Å². The molecule has 2 rings (SSSR count). The van der Waals surface area contributed by atoms with Gasteiger partial charge in [-0.15, -0.1) is 0 Å². The fourth-order valence-corrected chi connectivity index (χ4v) is 2.83. The van der Waals surface area contributed by atoms with Gasteiger partial charge in [-0.3, -0.25) is 0 Å². The van der Waals surface area contributed by atoms with Gasteiger partial charge in [-0.1, -0.05) is 17.8 Å². The fourth-order valence-electron chi connectivity index (χ4n) is 1.78. The molecular weight excluding hydrogens is 263 g/mol. The van der Waals surface area contributed by atoms with Crippen LogP contribution in [0.25, 0.3) is 0 Å². The molecule has 0 amide bonds. The summed E-state index contributed by atoms with van der Waals surface area (Å²) in [4.78, 5) is 1.69. The van der Waals surface area contributed by atoms with E-state index in [2.05, 4.69) is 0 Å². The van der Waals surface area contributed by atoms with Crippen molar-refractivity contribution in [2.24, 2.45) is 0 Å². The van der Waals surface area contributed by atoms with Crippen molar-refractivity contribution in [1.29, 1.82) is 0 Å². The quantitative estimate of drug-likeness (QED) is 0.915. The van der Waals surface area contributed by atoms with E-state index in [4.69, 9.17) is 4.74 Å². The van der Waals surface area contributed by atoms with Gasteiger partial charge in [0, 0.05) is 15.4 Å². The second-order valence-electron chi connectivity index (χ2n) is 4.11. The Hall–Kier alpha value is -1.52. The maximum Gasteiger partial charge on any atom is 0.130 e. The number of ether oxygens (including phenoxy) is 1. The lowest BCUT2D eigenvalue weighted by atomic mass is 10.1. The van der Waals surface area contributed by atoms with E-state index in [0.717, 1.165) is 15.5 Å². The number of aliphatic hydroxyl groups excluding tert-OH is 1. The summed E-state index contributed by atoms with van der Waals surface area (Å²) in [5.74, 6) is 0.396. The fraction of sp³-hybridized carbons (Fsp3) is 0.200. The maximum atomic E-state index is 13.7. The van der Waals surface area contributed by atoms with Crippen LogP contribution in [-0.2, 0) is 0 Å². The van der Waals surface area contributed by atoms with Gasteiger partial charge in [0.25, 0.3) is 0 Å². The molecule has 0 bridgehead atoms. The molecule has 0 aliphatic rings. The van der Waals surface area contributed by atoms with E-state index in [1.165, 1.54) is 17.8 Å². The van der Waals surface area contributed by atoms with Crippen molar-refractivity contribution < 1.29 is 14.2 Å². The highest BCUT2D eigenvalue weighted by Gasteiger charge is 2.14. The Kier molecular flexibility index (Phi) is 4.45. The van der Waals surface area contributed by atoms with Crippen LogP contribution in [0.5, 0.6) is 5.75 Å². The Balaban J connectivity index is 2.29. The van der Waals surface area contributed by atoms with E-state index in [1.807, 2.05) is 24.3 Å². The third kappa shape index (κ3) is 3.28. The standard InChI is InChI=1S/C15H15FO2S/c1-10(17)15-13(16)4-3-5-14(15)19-12-8-6-11(18-2)7-9-12/h3-10,17H,1-2H3/t10-/m0/s1. The zero-order valence-electron chi connectivity index (χ0n) is 10.8. The van der Waals surface area contributed by atoms with Crippen LogP contribution >= 0.6 is 11.8 Å². The van der Waals surface area contributed by atoms with Crippen LogP contribution < -0.4 is 4.74 Å². The minimum absolute atomic E-state index is 0.336. The van der Waals surface area contributed by atoms with Gasteiger partial charge < -0.3 is 9.84 Å². The van der Waals surface area contributed by atoms with Gasteiger partial charge in [0.2, 0.25) is 0 Å². The van der Waals surface area contributed by atoms with E-state index in [-0.39, 0.29) is 5.82 Å². The van der Waals surface area contributed by atoms with E-state index < -0.39 is 6.10 Å². The molecule has 2 aromatic carbocycles. The molecular formula is C15H15FO2S. The predicted molar refractivity (Wildman–Crippen MR) is 74.2 cm³/mol. The molecule has 0 saturated carbocycles. The lowest BCUT2D eigenvalue weighted by Gasteiger charge is -2.12. The number of benzene rings is 2. The zero-order chi connectivity index (χ0) is 13.8. The number of methoxy groups -OCH3 is 1. The number of rotatable bonds is 4. The highest BCUT2D eigenvalue weighted by molar-refractivity contribution is 7.99. The lowest BCUT2D eigenvalue weighted by Crippen LogP contribution is -1.98. The Morgan fingerprint density at radius 1 is 1.16 bits per heavy atom. The molecule has 0 aliphatic carbocycles. The number of hydrogen-bond donors (Lipinski definition) is 1. The third-order valence-corrected chi connectivity index (χ3v) is 3.80. The minimum Gasteiger partial charge on any atom is -0.497 e. The molecule has 0 aromatic heterocycles. The molecule has 100 valence electrons. The first-order chi connectivity index (χ1) is 9.11. The Morgan fingerprint density at radius 3 is 2.42 bits per heavy atom. The number of halogens is 1.